The fourth-order valence-corrected chi connectivity index (χ4v) is 7.54. The summed E-state index contributed by atoms with van der Waals surface area (Å²) in [5.41, 5.74) is -1.96. The second-order valence-corrected chi connectivity index (χ2v) is 12.4. The zero-order valence-corrected chi connectivity index (χ0v) is 20.5. The predicted octanol–water partition coefficient (Wildman–Crippen LogP) is 3.54. The Kier molecular flexibility index (Phi) is 5.81. The third-order valence-electron chi connectivity index (χ3n) is 9.15. The van der Waals surface area contributed by atoms with Crippen molar-refractivity contribution in [2.45, 2.75) is 84.8 Å². The summed E-state index contributed by atoms with van der Waals surface area (Å²) in [6.45, 7) is 9.37. The number of allylic oxidation sites excluding steroid dienone is 4. The molecule has 0 aromatic rings. The third kappa shape index (κ3) is 3.83. The van der Waals surface area contributed by atoms with Crippen LogP contribution < -0.4 is 0 Å². The van der Waals surface area contributed by atoms with Gasteiger partial charge in [-0.3, -0.25) is 14.4 Å². The number of rotatable bonds is 4. The van der Waals surface area contributed by atoms with E-state index < -0.39 is 35.5 Å². The van der Waals surface area contributed by atoms with Gasteiger partial charge in [-0.2, -0.15) is 0 Å². The van der Waals surface area contributed by atoms with Crippen molar-refractivity contribution in [3.63, 3.8) is 0 Å². The smallest absolute Gasteiger partial charge is 0.306 e. The molecule has 0 bridgehead atoms. The lowest BCUT2D eigenvalue weighted by Crippen LogP contribution is -2.61. The van der Waals surface area contributed by atoms with Gasteiger partial charge in [-0.1, -0.05) is 46.3 Å². The Balaban J connectivity index is 1.55. The lowest BCUT2D eigenvalue weighted by atomic mass is 9.46. The Morgan fingerprint density at radius 1 is 1.21 bits per heavy atom. The molecule has 6 nitrogen and oxygen atoms in total. The Bertz CT molecular complexity index is 925. The highest BCUT2D eigenvalue weighted by Gasteiger charge is 2.68. The van der Waals surface area contributed by atoms with Crippen molar-refractivity contribution < 1.29 is 29.3 Å². The molecule has 2 unspecified atom stereocenters. The van der Waals surface area contributed by atoms with E-state index in [0.29, 0.717) is 19.3 Å². The van der Waals surface area contributed by atoms with Crippen molar-refractivity contribution in [3.8, 4) is 0 Å². The predicted molar refractivity (Wildman–Crippen MR) is 123 cm³/mol. The third-order valence-corrected chi connectivity index (χ3v) is 9.15. The van der Waals surface area contributed by atoms with E-state index in [0.717, 1.165) is 18.4 Å². The fourth-order valence-electron chi connectivity index (χ4n) is 7.54. The highest BCUT2D eigenvalue weighted by molar-refractivity contribution is 6.01. The molecule has 0 radical (unpaired) electrons. The topological polar surface area (TPSA) is 101 Å². The molecule has 0 aromatic carbocycles. The number of hydrogen-bond donors (Lipinski definition) is 2. The zero-order chi connectivity index (χ0) is 24.4. The van der Waals surface area contributed by atoms with Crippen LogP contribution in [-0.4, -0.2) is 46.1 Å². The molecule has 3 fully saturated rings. The zero-order valence-electron chi connectivity index (χ0n) is 20.5. The summed E-state index contributed by atoms with van der Waals surface area (Å²) in [6, 6.07) is 0. The summed E-state index contributed by atoms with van der Waals surface area (Å²) in [4.78, 5) is 37.3. The first-order chi connectivity index (χ1) is 15.2. The molecule has 0 aromatic heterocycles. The first-order valence-electron chi connectivity index (χ1n) is 12.2. The molecule has 0 spiro atoms. The molecule has 0 heterocycles. The highest BCUT2D eigenvalue weighted by Crippen LogP contribution is 2.67. The van der Waals surface area contributed by atoms with Gasteiger partial charge < -0.3 is 14.9 Å². The number of hydrogen-bond acceptors (Lipinski definition) is 6. The Hall–Kier alpha value is -1.79. The van der Waals surface area contributed by atoms with Crippen LogP contribution in [-0.2, 0) is 19.1 Å². The van der Waals surface area contributed by atoms with E-state index in [1.54, 1.807) is 12.2 Å². The van der Waals surface area contributed by atoms with Crippen molar-refractivity contribution in [3.05, 3.63) is 23.8 Å². The normalized spacial score (nSPS) is 42.2. The number of esters is 1. The van der Waals surface area contributed by atoms with Crippen molar-refractivity contribution in [1.82, 2.24) is 0 Å². The van der Waals surface area contributed by atoms with E-state index in [1.807, 2.05) is 33.8 Å². The minimum absolute atomic E-state index is 0.00194. The van der Waals surface area contributed by atoms with Gasteiger partial charge in [-0.15, -0.1) is 0 Å². The summed E-state index contributed by atoms with van der Waals surface area (Å²) in [7, 11) is 0. The van der Waals surface area contributed by atoms with Crippen LogP contribution in [0.2, 0.25) is 0 Å². The van der Waals surface area contributed by atoms with E-state index in [4.69, 9.17) is 4.74 Å². The summed E-state index contributed by atoms with van der Waals surface area (Å²) >= 11 is 0. The fraction of sp³-hybridized carbons (Fsp3) is 0.741. The molecule has 6 heteroatoms. The minimum Gasteiger partial charge on any atom is -0.458 e. The molecule has 4 aliphatic rings. The number of carbonyl (C=O) groups is 3. The summed E-state index contributed by atoms with van der Waals surface area (Å²) < 4.78 is 5.25. The molecule has 0 saturated heterocycles. The molecule has 0 amide bonds. The van der Waals surface area contributed by atoms with Gasteiger partial charge in [-0.25, -0.2) is 0 Å². The van der Waals surface area contributed by atoms with E-state index in [2.05, 4.69) is 6.92 Å². The number of ketones is 2. The summed E-state index contributed by atoms with van der Waals surface area (Å²) in [5.74, 6) is -0.745. The monoisotopic (exact) mass is 458 g/mol. The number of ether oxygens (including phenoxy) is 1. The highest BCUT2D eigenvalue weighted by atomic mass is 16.5. The number of Topliss-reactive ketones (excluding diaryl/α,β-unsaturated/α-hetero) is 1. The number of aliphatic hydroxyl groups is 2. The number of fused-ring (bicyclic) bond motifs is 5. The second kappa shape index (κ2) is 7.88. The Morgan fingerprint density at radius 3 is 2.58 bits per heavy atom. The van der Waals surface area contributed by atoms with Crippen LogP contribution >= 0.6 is 0 Å². The van der Waals surface area contributed by atoms with Gasteiger partial charge in [0.25, 0.3) is 0 Å². The molecule has 0 aliphatic heterocycles. The molecule has 182 valence electrons. The van der Waals surface area contributed by atoms with Crippen LogP contribution in [0.5, 0.6) is 0 Å². The molecular weight excluding hydrogens is 420 g/mol. The van der Waals surface area contributed by atoms with E-state index in [-0.39, 0.29) is 40.8 Å². The molecule has 2 N–H and O–H groups in total. The van der Waals surface area contributed by atoms with Gasteiger partial charge in [0.1, 0.15) is 5.60 Å². The van der Waals surface area contributed by atoms with Gasteiger partial charge in [0.05, 0.1) is 12.5 Å². The van der Waals surface area contributed by atoms with Crippen molar-refractivity contribution in [2.24, 2.45) is 34.0 Å². The van der Waals surface area contributed by atoms with Gasteiger partial charge in [0, 0.05) is 16.7 Å². The molecule has 4 rings (SSSR count). The maximum atomic E-state index is 13.2. The van der Waals surface area contributed by atoms with Crippen LogP contribution in [0.3, 0.4) is 0 Å². The first-order valence-corrected chi connectivity index (χ1v) is 12.2. The maximum Gasteiger partial charge on any atom is 0.306 e. The lowest BCUT2D eigenvalue weighted by Gasteiger charge is -2.59. The van der Waals surface area contributed by atoms with Crippen LogP contribution in [0.4, 0.5) is 0 Å². The SMILES string of the molecule is CC(C)(C)CC(=O)OCC(=O)[C@@]1(O)CC[C@H]2[C@@H]3CCC4=CC(=O)C=CC4(C)[C@H]3[C@@H](O)CC21C. The van der Waals surface area contributed by atoms with Gasteiger partial charge in [0.15, 0.2) is 12.4 Å². The Morgan fingerprint density at radius 2 is 1.91 bits per heavy atom. The van der Waals surface area contributed by atoms with Crippen LogP contribution in [0.25, 0.3) is 0 Å². The molecule has 3 saturated carbocycles. The van der Waals surface area contributed by atoms with Crippen LogP contribution in [0, 0.1) is 34.0 Å². The Labute approximate surface area is 196 Å². The van der Waals surface area contributed by atoms with Gasteiger partial charge >= 0.3 is 5.97 Å². The quantitative estimate of drug-likeness (QED) is 0.625. The molecule has 7 atom stereocenters. The molecule has 4 aliphatic carbocycles. The van der Waals surface area contributed by atoms with Crippen molar-refractivity contribution >= 4 is 17.5 Å². The van der Waals surface area contributed by atoms with Crippen LogP contribution in [0.1, 0.15) is 73.1 Å². The van der Waals surface area contributed by atoms with E-state index in [9.17, 15) is 24.6 Å². The minimum atomic E-state index is -1.62. The first kappa shape index (κ1) is 24.3. The number of carbonyl (C=O) groups excluding carboxylic acids is 3. The van der Waals surface area contributed by atoms with E-state index >= 15 is 0 Å². The number of aliphatic hydroxyl groups excluding tert-OH is 1. The summed E-state index contributed by atoms with van der Waals surface area (Å²) in [5, 5.41) is 23.1. The largest absolute Gasteiger partial charge is 0.458 e. The molecular formula is C27H38O6. The summed E-state index contributed by atoms with van der Waals surface area (Å²) in [6.07, 6.45) is 7.70. The molecule has 33 heavy (non-hydrogen) atoms. The van der Waals surface area contributed by atoms with Gasteiger partial charge in [-0.05, 0) is 61.5 Å². The van der Waals surface area contributed by atoms with Crippen LogP contribution in [0.15, 0.2) is 23.8 Å². The average molecular weight is 459 g/mol. The van der Waals surface area contributed by atoms with Crippen molar-refractivity contribution in [2.75, 3.05) is 6.61 Å². The maximum absolute atomic E-state index is 13.2. The average Bonchev–Trinajstić information content (AvgIpc) is 2.96. The van der Waals surface area contributed by atoms with Crippen molar-refractivity contribution in [1.29, 1.82) is 0 Å². The second-order valence-electron chi connectivity index (χ2n) is 12.4. The lowest BCUT2D eigenvalue weighted by molar-refractivity contribution is -0.181. The van der Waals surface area contributed by atoms with E-state index in [1.165, 1.54) is 0 Å². The standard InChI is InChI=1S/C27H38O6/c1-24(2,3)14-22(31)33-15-21(30)27(32)11-9-19-18-7-6-16-12-17(28)8-10-25(16,4)23(18)20(29)13-26(19,27)5/h8,10,12,18-20,23,29,32H,6-7,9,11,13-15H2,1-5H3/t18-,19-,20-,23+,25?,26?,27-/m0/s1. The van der Waals surface area contributed by atoms with Gasteiger partial charge in [0.2, 0.25) is 5.78 Å².